The van der Waals surface area contributed by atoms with E-state index in [1.54, 1.807) is 21.9 Å². The number of rotatable bonds is 10. The van der Waals surface area contributed by atoms with E-state index in [9.17, 15) is 9.59 Å². The highest BCUT2D eigenvalue weighted by Crippen LogP contribution is 2.46. The zero-order valence-electron chi connectivity index (χ0n) is 18.9. The van der Waals surface area contributed by atoms with E-state index >= 15 is 0 Å². The summed E-state index contributed by atoms with van der Waals surface area (Å²) in [6, 6.07) is 7.34. The van der Waals surface area contributed by atoms with Gasteiger partial charge in [0.2, 0.25) is 0 Å². The number of aromatic nitrogens is 2. The summed E-state index contributed by atoms with van der Waals surface area (Å²) in [5, 5.41) is 0. The van der Waals surface area contributed by atoms with E-state index in [4.69, 9.17) is 0 Å². The Labute approximate surface area is 216 Å². The topological polar surface area (TPSA) is 66.4 Å². The number of hydrogen-bond acceptors (Lipinski definition) is 4. The van der Waals surface area contributed by atoms with Crippen LogP contribution in [0.25, 0.3) is 11.1 Å². The quantitative estimate of drug-likeness (QED) is 0.142. The molecule has 0 bridgehead atoms. The number of halogens is 2. The molecule has 2 aliphatic heterocycles. The molecule has 2 aromatic heterocycles. The predicted molar refractivity (Wildman–Crippen MR) is 143 cm³/mol. The maximum absolute atomic E-state index is 13.7. The van der Waals surface area contributed by atoms with Crippen molar-refractivity contribution in [1.82, 2.24) is 9.97 Å². The maximum Gasteiger partial charge on any atom is 0.261 e. The van der Waals surface area contributed by atoms with Gasteiger partial charge in [0.25, 0.3) is 11.8 Å². The maximum atomic E-state index is 13.7. The van der Waals surface area contributed by atoms with Gasteiger partial charge in [0.15, 0.2) is 0 Å². The third kappa shape index (κ3) is 4.66. The molecule has 0 spiro atoms. The molecular weight excluding hydrogens is 560 g/mol. The minimum absolute atomic E-state index is 0.190. The van der Waals surface area contributed by atoms with E-state index < -0.39 is 0 Å². The van der Waals surface area contributed by atoms with E-state index in [-0.39, 0.29) is 11.8 Å². The predicted octanol–water partition coefficient (Wildman–Crippen LogP) is 6.32. The molecule has 0 fully saturated rings. The minimum Gasteiger partial charge on any atom is -0.292 e. The van der Waals surface area contributed by atoms with Crippen LogP contribution in [0, 0.1) is 0 Å². The first kappa shape index (κ1) is 24.5. The fraction of sp³-hybridized carbons (Fsp3) is 0.308. The van der Waals surface area contributed by atoms with Crippen molar-refractivity contribution in [2.45, 2.75) is 38.5 Å². The van der Waals surface area contributed by atoms with Gasteiger partial charge < -0.3 is 0 Å². The normalized spacial score (nSPS) is 16.8. The number of carbonyl (C=O) groups is 2. The van der Waals surface area contributed by atoms with Gasteiger partial charge in [0, 0.05) is 24.2 Å². The molecule has 0 saturated carbocycles. The van der Waals surface area contributed by atoms with Gasteiger partial charge in [-0.3, -0.25) is 19.4 Å². The number of allylic oxidation sites excluding steroid dienone is 2. The summed E-state index contributed by atoms with van der Waals surface area (Å²) >= 11 is 6.86. The Kier molecular flexibility index (Phi) is 7.78. The summed E-state index contributed by atoms with van der Waals surface area (Å²) in [7, 11) is 0. The van der Waals surface area contributed by atoms with E-state index in [0.717, 1.165) is 38.5 Å². The van der Waals surface area contributed by atoms with Crippen LogP contribution in [0.2, 0.25) is 0 Å². The molecular formula is C26H26Br2N4O2. The van der Waals surface area contributed by atoms with Crippen molar-refractivity contribution in [2.75, 3.05) is 22.9 Å². The molecule has 0 radical (unpaired) electrons. The van der Waals surface area contributed by atoms with Gasteiger partial charge >= 0.3 is 0 Å². The fourth-order valence-corrected chi connectivity index (χ4v) is 4.96. The Bertz CT molecular complexity index is 1100. The number of amides is 2. The average Bonchev–Trinajstić information content (AvgIpc) is 3.23. The molecule has 2 aromatic rings. The molecule has 4 rings (SSSR count). The second-order valence-corrected chi connectivity index (χ2v) is 9.87. The Morgan fingerprint density at radius 3 is 1.50 bits per heavy atom. The number of hydrogen-bond donors (Lipinski definition) is 0. The molecule has 0 aromatic carbocycles. The summed E-state index contributed by atoms with van der Waals surface area (Å²) in [5.74, 6) is 0.795. The lowest BCUT2D eigenvalue weighted by Crippen LogP contribution is -2.30. The SMILES string of the molecule is C=CCCCCN1C(=O)/C(=C2/C(=O)N(CCCCC=C)c3nc(Br)ccc32)c2ccc(Br)nc21. The molecule has 4 heterocycles. The van der Waals surface area contributed by atoms with Crippen LogP contribution in [0.1, 0.15) is 49.7 Å². The van der Waals surface area contributed by atoms with E-state index in [2.05, 4.69) is 55.0 Å². The van der Waals surface area contributed by atoms with Crippen LogP contribution in [-0.4, -0.2) is 34.9 Å². The number of unbranched alkanes of at least 4 members (excludes halogenated alkanes) is 4. The van der Waals surface area contributed by atoms with E-state index in [1.165, 1.54) is 0 Å². The highest BCUT2D eigenvalue weighted by Gasteiger charge is 2.43. The molecule has 176 valence electrons. The summed E-state index contributed by atoms with van der Waals surface area (Å²) in [6.07, 6.45) is 9.05. The largest absolute Gasteiger partial charge is 0.292 e. The van der Waals surface area contributed by atoms with Crippen molar-refractivity contribution in [3.05, 3.63) is 69.9 Å². The fourth-order valence-electron chi connectivity index (χ4n) is 4.36. The molecule has 0 atom stereocenters. The van der Waals surface area contributed by atoms with Gasteiger partial charge in [-0.2, -0.15) is 0 Å². The minimum atomic E-state index is -0.190. The summed E-state index contributed by atoms with van der Waals surface area (Å²) < 4.78 is 1.29. The molecule has 34 heavy (non-hydrogen) atoms. The Hall–Kier alpha value is -2.58. The van der Waals surface area contributed by atoms with Crippen LogP contribution in [-0.2, 0) is 9.59 Å². The molecule has 2 aliphatic rings. The lowest BCUT2D eigenvalue weighted by Gasteiger charge is -2.16. The molecule has 2 amide bonds. The Balaban J connectivity index is 1.78. The summed E-state index contributed by atoms with van der Waals surface area (Å²) in [6.45, 7) is 8.60. The average molecular weight is 586 g/mol. The molecule has 6 nitrogen and oxygen atoms in total. The third-order valence-electron chi connectivity index (χ3n) is 5.98. The van der Waals surface area contributed by atoms with Crippen molar-refractivity contribution in [2.24, 2.45) is 0 Å². The van der Waals surface area contributed by atoms with E-state index in [1.807, 2.05) is 24.3 Å². The van der Waals surface area contributed by atoms with Crippen LogP contribution in [0.5, 0.6) is 0 Å². The molecule has 0 unspecified atom stereocenters. The first-order valence-corrected chi connectivity index (χ1v) is 13.0. The van der Waals surface area contributed by atoms with Gasteiger partial charge in [-0.1, -0.05) is 12.2 Å². The Morgan fingerprint density at radius 1 is 0.706 bits per heavy atom. The van der Waals surface area contributed by atoms with Gasteiger partial charge in [-0.05, 0) is 94.7 Å². The number of nitrogens with zero attached hydrogens (tertiary/aromatic N) is 4. The van der Waals surface area contributed by atoms with Crippen molar-refractivity contribution in [3.63, 3.8) is 0 Å². The summed E-state index contributed by atoms with van der Waals surface area (Å²) in [4.78, 5) is 40.1. The molecule has 0 saturated heterocycles. The Morgan fingerprint density at radius 2 is 1.12 bits per heavy atom. The first-order valence-electron chi connectivity index (χ1n) is 11.4. The molecule has 0 aliphatic carbocycles. The van der Waals surface area contributed by atoms with Crippen molar-refractivity contribution < 1.29 is 9.59 Å². The molecule has 0 N–H and O–H groups in total. The molecule has 8 heteroatoms. The third-order valence-corrected chi connectivity index (χ3v) is 6.86. The lowest BCUT2D eigenvalue weighted by molar-refractivity contribution is -0.114. The monoisotopic (exact) mass is 584 g/mol. The highest BCUT2D eigenvalue weighted by molar-refractivity contribution is 9.10. The number of fused-ring (bicyclic) bond motifs is 2. The first-order chi connectivity index (χ1) is 16.5. The second-order valence-electron chi connectivity index (χ2n) is 8.24. The van der Waals surface area contributed by atoms with Crippen LogP contribution >= 0.6 is 31.9 Å². The zero-order chi connectivity index (χ0) is 24.2. The van der Waals surface area contributed by atoms with Crippen LogP contribution in [0.4, 0.5) is 11.6 Å². The summed E-state index contributed by atoms with van der Waals surface area (Å²) in [5.41, 5.74) is 2.18. The lowest BCUT2D eigenvalue weighted by atomic mass is 9.98. The van der Waals surface area contributed by atoms with Crippen molar-refractivity contribution in [3.8, 4) is 0 Å². The zero-order valence-corrected chi connectivity index (χ0v) is 22.1. The van der Waals surface area contributed by atoms with Crippen LogP contribution < -0.4 is 9.80 Å². The van der Waals surface area contributed by atoms with Crippen molar-refractivity contribution in [1.29, 1.82) is 0 Å². The van der Waals surface area contributed by atoms with Crippen molar-refractivity contribution >= 4 is 66.5 Å². The van der Waals surface area contributed by atoms with E-state index in [0.29, 0.717) is 56.2 Å². The van der Waals surface area contributed by atoms with Gasteiger partial charge in [-0.15, -0.1) is 13.2 Å². The van der Waals surface area contributed by atoms with Crippen LogP contribution in [0.3, 0.4) is 0 Å². The smallest absolute Gasteiger partial charge is 0.261 e. The number of anilines is 2. The van der Waals surface area contributed by atoms with Crippen LogP contribution in [0.15, 0.2) is 58.8 Å². The standard InChI is InChI=1S/C26H26Br2N4O2/c1-3-5-7-9-15-31-23-17(11-13-19(27)29-23)21(25(31)33)22-18-12-14-20(28)30-24(18)32(26(22)34)16-10-8-6-4-2/h3-4,11-14H,1-2,5-10,15-16H2/b22-21+. The van der Waals surface area contributed by atoms with Gasteiger partial charge in [0.05, 0.1) is 11.1 Å². The number of pyridine rings is 2. The highest BCUT2D eigenvalue weighted by atomic mass is 79.9. The number of carbonyl (C=O) groups excluding carboxylic acids is 2. The second kappa shape index (κ2) is 10.8. The van der Waals surface area contributed by atoms with Gasteiger partial charge in [0.1, 0.15) is 20.8 Å². The van der Waals surface area contributed by atoms with Gasteiger partial charge in [-0.25, -0.2) is 9.97 Å².